The van der Waals surface area contributed by atoms with E-state index in [1.165, 1.54) is 69.4 Å². The predicted molar refractivity (Wildman–Crippen MR) is 118 cm³/mol. The monoisotopic (exact) mass is 393 g/mol. The van der Waals surface area contributed by atoms with Gasteiger partial charge < -0.3 is 14.7 Å². The molecular weight excluding hydrogens is 361 g/mol. The van der Waals surface area contributed by atoms with Gasteiger partial charge in [-0.25, -0.2) is 4.39 Å². The summed E-state index contributed by atoms with van der Waals surface area (Å²) in [7, 11) is 0. The highest BCUT2D eigenvalue weighted by Crippen LogP contribution is 2.40. The fourth-order valence-electron chi connectivity index (χ4n) is 5.58. The first-order valence-electron chi connectivity index (χ1n) is 11.4. The Morgan fingerprint density at radius 3 is 2.17 bits per heavy atom. The largest absolute Gasteiger partial charge is 0.349 e. The molecule has 1 saturated heterocycles. The molecule has 2 heterocycles. The lowest BCUT2D eigenvalue weighted by Crippen LogP contribution is -2.49. The number of anilines is 2. The molecule has 0 bridgehead atoms. The summed E-state index contributed by atoms with van der Waals surface area (Å²) in [6.45, 7) is 4.25. The Bertz CT molecular complexity index is 807. The summed E-state index contributed by atoms with van der Waals surface area (Å²) in [5, 5.41) is 0. The van der Waals surface area contributed by atoms with E-state index in [1.54, 1.807) is 12.1 Å². The molecule has 29 heavy (non-hydrogen) atoms. The quantitative estimate of drug-likeness (QED) is 0.688. The Kier molecular flexibility index (Phi) is 5.45. The van der Waals surface area contributed by atoms with Crippen molar-refractivity contribution < 1.29 is 4.39 Å². The van der Waals surface area contributed by atoms with Crippen molar-refractivity contribution >= 4 is 11.4 Å². The standard InChI is InChI=1S/C25H32FN3/c26-21-12-10-20(11-13-21)18-28-19-29(25-9-5-4-8-24(25)28)23-14-16-27(17-15-23)22-6-2-1-3-7-22/h4-5,8-13,22-23H,1-3,6-7,14-19H2. The smallest absolute Gasteiger partial charge is 0.123 e. The second kappa shape index (κ2) is 8.35. The van der Waals surface area contributed by atoms with Gasteiger partial charge in [-0.1, -0.05) is 43.5 Å². The van der Waals surface area contributed by atoms with Gasteiger partial charge in [-0.15, -0.1) is 0 Å². The minimum atomic E-state index is -0.165. The zero-order valence-electron chi connectivity index (χ0n) is 17.3. The van der Waals surface area contributed by atoms with Crippen LogP contribution in [0.25, 0.3) is 0 Å². The Labute approximate surface area is 174 Å². The van der Waals surface area contributed by atoms with E-state index < -0.39 is 0 Å². The van der Waals surface area contributed by atoms with Crippen LogP contribution in [0.4, 0.5) is 15.8 Å². The Hall–Kier alpha value is -2.07. The molecule has 3 aliphatic rings. The molecule has 3 nitrogen and oxygen atoms in total. The molecule has 0 spiro atoms. The van der Waals surface area contributed by atoms with Gasteiger partial charge in [-0.2, -0.15) is 0 Å². The third kappa shape index (κ3) is 4.00. The first kappa shape index (κ1) is 18.9. The van der Waals surface area contributed by atoms with Gasteiger partial charge in [0.25, 0.3) is 0 Å². The van der Waals surface area contributed by atoms with Gasteiger partial charge in [0.15, 0.2) is 0 Å². The second-order valence-electron chi connectivity index (χ2n) is 8.98. The van der Waals surface area contributed by atoms with Gasteiger partial charge in [-0.05, 0) is 55.5 Å². The number of piperidine rings is 1. The molecule has 2 aromatic rings. The molecule has 0 aromatic heterocycles. The molecule has 0 amide bonds. The van der Waals surface area contributed by atoms with Crippen molar-refractivity contribution in [3.63, 3.8) is 0 Å². The summed E-state index contributed by atoms with van der Waals surface area (Å²) in [5.74, 6) is -0.165. The van der Waals surface area contributed by atoms with Crippen molar-refractivity contribution in [3.05, 3.63) is 59.9 Å². The van der Waals surface area contributed by atoms with E-state index in [0.717, 1.165) is 24.8 Å². The summed E-state index contributed by atoms with van der Waals surface area (Å²) >= 11 is 0. The molecule has 0 radical (unpaired) electrons. The molecule has 2 aromatic carbocycles. The summed E-state index contributed by atoms with van der Waals surface area (Å²) in [4.78, 5) is 7.83. The first-order valence-corrected chi connectivity index (χ1v) is 11.4. The molecule has 0 unspecified atom stereocenters. The van der Waals surface area contributed by atoms with Gasteiger partial charge in [-0.3, -0.25) is 0 Å². The summed E-state index contributed by atoms with van der Waals surface area (Å²) in [5.41, 5.74) is 3.84. The SMILES string of the molecule is Fc1ccc(CN2CN(C3CCN(C4CCCCC4)CC3)c3ccccc32)cc1. The molecule has 1 saturated carbocycles. The molecule has 2 aliphatic heterocycles. The van der Waals surface area contributed by atoms with Gasteiger partial charge in [0.2, 0.25) is 0 Å². The van der Waals surface area contributed by atoms with E-state index in [9.17, 15) is 4.39 Å². The number of halogens is 1. The maximum absolute atomic E-state index is 13.3. The normalized spacial score (nSPS) is 21.6. The van der Waals surface area contributed by atoms with Crippen LogP contribution in [-0.2, 0) is 6.54 Å². The van der Waals surface area contributed by atoms with Crippen molar-refractivity contribution in [2.75, 3.05) is 29.6 Å². The van der Waals surface area contributed by atoms with Crippen LogP contribution in [0.3, 0.4) is 0 Å². The van der Waals surface area contributed by atoms with E-state index in [-0.39, 0.29) is 5.82 Å². The van der Waals surface area contributed by atoms with Crippen molar-refractivity contribution in [2.45, 2.75) is 63.6 Å². The van der Waals surface area contributed by atoms with Crippen LogP contribution in [-0.4, -0.2) is 36.7 Å². The van der Waals surface area contributed by atoms with Crippen LogP contribution < -0.4 is 9.80 Å². The molecule has 2 fully saturated rings. The van der Waals surface area contributed by atoms with Crippen LogP contribution in [0, 0.1) is 5.82 Å². The Morgan fingerprint density at radius 1 is 0.759 bits per heavy atom. The van der Waals surface area contributed by atoms with E-state index in [0.29, 0.717) is 6.04 Å². The Balaban J connectivity index is 1.27. The van der Waals surface area contributed by atoms with Gasteiger partial charge in [0, 0.05) is 31.7 Å². The zero-order valence-corrected chi connectivity index (χ0v) is 17.3. The molecule has 0 N–H and O–H groups in total. The van der Waals surface area contributed by atoms with Crippen LogP contribution in [0.15, 0.2) is 48.5 Å². The minimum absolute atomic E-state index is 0.165. The van der Waals surface area contributed by atoms with E-state index >= 15 is 0 Å². The lowest BCUT2D eigenvalue weighted by atomic mass is 9.92. The first-order chi connectivity index (χ1) is 14.3. The number of para-hydroxylation sites is 2. The molecule has 1 aliphatic carbocycles. The summed E-state index contributed by atoms with van der Waals surface area (Å²) in [6, 6.07) is 17.2. The van der Waals surface area contributed by atoms with Gasteiger partial charge in [0.1, 0.15) is 5.82 Å². The summed E-state index contributed by atoms with van der Waals surface area (Å²) < 4.78 is 13.3. The lowest BCUT2D eigenvalue weighted by molar-refractivity contribution is 0.121. The van der Waals surface area contributed by atoms with Crippen LogP contribution in [0.1, 0.15) is 50.5 Å². The number of benzene rings is 2. The fourth-order valence-corrected chi connectivity index (χ4v) is 5.58. The third-order valence-corrected chi connectivity index (χ3v) is 7.17. The van der Waals surface area contributed by atoms with Gasteiger partial charge in [0.05, 0.1) is 18.0 Å². The average molecular weight is 394 g/mol. The number of hydrogen-bond acceptors (Lipinski definition) is 3. The number of rotatable bonds is 4. The van der Waals surface area contributed by atoms with Crippen molar-refractivity contribution in [1.82, 2.24) is 4.90 Å². The predicted octanol–water partition coefficient (Wildman–Crippen LogP) is 5.41. The van der Waals surface area contributed by atoms with Crippen LogP contribution in [0.2, 0.25) is 0 Å². The minimum Gasteiger partial charge on any atom is -0.349 e. The highest BCUT2D eigenvalue weighted by atomic mass is 19.1. The maximum atomic E-state index is 13.3. The summed E-state index contributed by atoms with van der Waals surface area (Å²) in [6.07, 6.45) is 9.60. The molecular formula is C25H32FN3. The molecule has 4 heteroatoms. The molecule has 154 valence electrons. The van der Waals surface area contributed by atoms with Crippen molar-refractivity contribution in [2.24, 2.45) is 0 Å². The molecule has 0 atom stereocenters. The maximum Gasteiger partial charge on any atom is 0.123 e. The van der Waals surface area contributed by atoms with Crippen LogP contribution >= 0.6 is 0 Å². The van der Waals surface area contributed by atoms with Crippen molar-refractivity contribution in [3.8, 4) is 0 Å². The van der Waals surface area contributed by atoms with E-state index in [2.05, 4.69) is 39.0 Å². The van der Waals surface area contributed by atoms with Crippen molar-refractivity contribution in [1.29, 1.82) is 0 Å². The van der Waals surface area contributed by atoms with Crippen LogP contribution in [0.5, 0.6) is 0 Å². The highest BCUT2D eigenvalue weighted by molar-refractivity contribution is 5.76. The fraction of sp³-hybridized carbons (Fsp3) is 0.520. The second-order valence-corrected chi connectivity index (χ2v) is 8.98. The van der Waals surface area contributed by atoms with Gasteiger partial charge >= 0.3 is 0 Å². The van der Waals surface area contributed by atoms with E-state index in [1.807, 2.05) is 12.1 Å². The number of likely N-dealkylation sites (tertiary alicyclic amines) is 1. The highest BCUT2D eigenvalue weighted by Gasteiger charge is 2.34. The topological polar surface area (TPSA) is 9.72 Å². The zero-order chi connectivity index (χ0) is 19.6. The number of hydrogen-bond donors (Lipinski definition) is 0. The lowest BCUT2D eigenvalue weighted by Gasteiger charge is -2.42. The number of fused-ring (bicyclic) bond motifs is 1. The number of nitrogens with zero attached hydrogens (tertiary/aromatic N) is 3. The van der Waals surface area contributed by atoms with E-state index in [4.69, 9.17) is 0 Å². The average Bonchev–Trinajstić information content (AvgIpc) is 3.15. The molecule has 5 rings (SSSR count). The Morgan fingerprint density at radius 2 is 1.45 bits per heavy atom. The third-order valence-electron chi connectivity index (χ3n) is 7.17.